The quantitative estimate of drug-likeness (QED) is 0.795. The van der Waals surface area contributed by atoms with E-state index in [2.05, 4.69) is 29.1 Å². The molecule has 110 valence electrons. The van der Waals surface area contributed by atoms with Crippen LogP contribution in [0.5, 0.6) is 0 Å². The lowest BCUT2D eigenvalue weighted by molar-refractivity contribution is 0.0768. The normalized spacial score (nSPS) is 16.1. The minimum absolute atomic E-state index is 0.0630. The van der Waals surface area contributed by atoms with Crippen molar-refractivity contribution in [1.82, 2.24) is 25.2 Å². The van der Waals surface area contributed by atoms with Crippen LogP contribution in [0.15, 0.2) is 18.9 Å². The van der Waals surface area contributed by atoms with Gasteiger partial charge in [-0.1, -0.05) is 18.2 Å². The number of amides is 1. The number of carbonyl (C=O) groups is 1. The van der Waals surface area contributed by atoms with E-state index in [1.807, 2.05) is 4.68 Å². The molecular weight excluding hydrogens is 254 g/mol. The van der Waals surface area contributed by atoms with Crippen LogP contribution in [0.2, 0.25) is 0 Å². The summed E-state index contributed by atoms with van der Waals surface area (Å²) in [6.45, 7) is 8.99. The molecule has 1 aliphatic rings. The largest absolute Gasteiger partial charge is 0.334 e. The molecule has 2 heterocycles. The van der Waals surface area contributed by atoms with Gasteiger partial charge in [0.05, 0.1) is 12.2 Å². The number of carbonyl (C=O) groups excluding carboxylic acids is 1. The van der Waals surface area contributed by atoms with Gasteiger partial charge in [-0.15, -0.1) is 11.7 Å². The number of hydrogen-bond donors (Lipinski definition) is 1. The third-order valence-corrected chi connectivity index (χ3v) is 3.54. The molecule has 1 aromatic rings. The van der Waals surface area contributed by atoms with Gasteiger partial charge in [-0.05, 0) is 32.4 Å². The molecule has 0 atom stereocenters. The third kappa shape index (κ3) is 3.45. The zero-order valence-electron chi connectivity index (χ0n) is 12.1. The molecule has 6 nitrogen and oxygen atoms in total. The van der Waals surface area contributed by atoms with Gasteiger partial charge in [0.25, 0.3) is 5.91 Å². The fraction of sp³-hybridized carbons (Fsp3) is 0.643. The van der Waals surface area contributed by atoms with Gasteiger partial charge in [-0.3, -0.25) is 4.79 Å². The minimum Gasteiger partial charge on any atom is -0.334 e. The van der Waals surface area contributed by atoms with Crippen LogP contribution < -0.4 is 5.32 Å². The second-order valence-electron chi connectivity index (χ2n) is 5.10. The van der Waals surface area contributed by atoms with Crippen molar-refractivity contribution >= 4 is 5.91 Å². The van der Waals surface area contributed by atoms with Gasteiger partial charge in [0.2, 0.25) is 0 Å². The molecule has 20 heavy (non-hydrogen) atoms. The summed E-state index contributed by atoms with van der Waals surface area (Å²) >= 11 is 0. The number of rotatable bonds is 6. The summed E-state index contributed by atoms with van der Waals surface area (Å²) < 4.78 is 1.84. The van der Waals surface area contributed by atoms with Crippen molar-refractivity contribution in [2.75, 3.05) is 26.2 Å². The van der Waals surface area contributed by atoms with Crippen LogP contribution in [0.4, 0.5) is 0 Å². The van der Waals surface area contributed by atoms with Crippen LogP contribution in [0, 0.1) is 0 Å². The Balaban J connectivity index is 2.06. The highest BCUT2D eigenvalue weighted by atomic mass is 16.2. The first-order valence-electron chi connectivity index (χ1n) is 7.29. The number of hydrogen-bond acceptors (Lipinski definition) is 4. The number of aromatic nitrogens is 3. The van der Waals surface area contributed by atoms with Crippen molar-refractivity contribution < 1.29 is 4.79 Å². The van der Waals surface area contributed by atoms with Crippen LogP contribution in [-0.2, 0) is 0 Å². The molecule has 0 aliphatic carbocycles. The van der Waals surface area contributed by atoms with E-state index < -0.39 is 0 Å². The van der Waals surface area contributed by atoms with Crippen molar-refractivity contribution in [3.8, 4) is 0 Å². The molecule has 6 heteroatoms. The summed E-state index contributed by atoms with van der Waals surface area (Å²) in [7, 11) is 0. The highest BCUT2D eigenvalue weighted by Gasteiger charge is 2.21. The molecule has 0 radical (unpaired) electrons. The van der Waals surface area contributed by atoms with Crippen molar-refractivity contribution in [3.63, 3.8) is 0 Å². The Kier molecular flexibility index (Phi) is 5.29. The summed E-state index contributed by atoms with van der Waals surface area (Å²) in [4.78, 5) is 14.1. The molecule has 1 saturated heterocycles. The van der Waals surface area contributed by atoms with Crippen LogP contribution in [-0.4, -0.2) is 52.0 Å². The Morgan fingerprint density at radius 3 is 3.00 bits per heavy atom. The molecule has 1 aliphatic heterocycles. The molecule has 1 aromatic heterocycles. The lowest BCUT2D eigenvalue weighted by Crippen LogP contribution is -2.32. The summed E-state index contributed by atoms with van der Waals surface area (Å²) in [5, 5.41) is 11.5. The fourth-order valence-electron chi connectivity index (χ4n) is 2.49. The van der Waals surface area contributed by atoms with Crippen LogP contribution in [0.25, 0.3) is 0 Å². The first-order chi connectivity index (χ1) is 9.76. The Hall–Kier alpha value is -1.69. The monoisotopic (exact) mass is 277 g/mol. The number of nitrogens with one attached hydrogen (secondary N) is 1. The molecule has 0 saturated carbocycles. The second-order valence-corrected chi connectivity index (χ2v) is 5.10. The second kappa shape index (κ2) is 7.19. The Morgan fingerprint density at radius 2 is 2.35 bits per heavy atom. The molecule has 0 aromatic carbocycles. The average molecular weight is 277 g/mol. The van der Waals surface area contributed by atoms with Gasteiger partial charge in [0, 0.05) is 13.1 Å². The van der Waals surface area contributed by atoms with Crippen molar-refractivity contribution in [3.05, 3.63) is 24.5 Å². The maximum atomic E-state index is 12.4. The van der Waals surface area contributed by atoms with Crippen LogP contribution >= 0.6 is 0 Å². The van der Waals surface area contributed by atoms with Crippen molar-refractivity contribution in [2.24, 2.45) is 0 Å². The molecule has 0 bridgehead atoms. The predicted molar refractivity (Wildman–Crippen MR) is 77.6 cm³/mol. The van der Waals surface area contributed by atoms with E-state index >= 15 is 0 Å². The number of nitrogens with zero attached hydrogens (tertiary/aromatic N) is 4. The first kappa shape index (κ1) is 14.7. The number of piperidine rings is 1. The van der Waals surface area contributed by atoms with Gasteiger partial charge in [-0.2, -0.15) is 0 Å². The van der Waals surface area contributed by atoms with E-state index in [1.54, 1.807) is 17.2 Å². The summed E-state index contributed by atoms with van der Waals surface area (Å²) in [5.41, 5.74) is 0.429. The van der Waals surface area contributed by atoms with Gasteiger partial charge in [0.1, 0.15) is 0 Å². The third-order valence-electron chi connectivity index (χ3n) is 3.54. The first-order valence-corrected chi connectivity index (χ1v) is 7.29. The lowest BCUT2D eigenvalue weighted by atomic mass is 10.1. The molecular formula is C14H23N5O. The lowest BCUT2D eigenvalue weighted by Gasteiger charge is -2.22. The maximum Gasteiger partial charge on any atom is 0.276 e. The average Bonchev–Trinajstić information content (AvgIpc) is 2.97. The molecule has 0 spiro atoms. The molecule has 1 N–H and O–H groups in total. The van der Waals surface area contributed by atoms with Gasteiger partial charge in [0.15, 0.2) is 5.69 Å². The van der Waals surface area contributed by atoms with Crippen molar-refractivity contribution in [1.29, 1.82) is 0 Å². The summed E-state index contributed by atoms with van der Waals surface area (Å²) in [6, 6.07) is 0.351. The Bertz CT molecular complexity index is 450. The van der Waals surface area contributed by atoms with Crippen LogP contribution in [0.3, 0.4) is 0 Å². The van der Waals surface area contributed by atoms with E-state index in [4.69, 9.17) is 0 Å². The molecule has 0 unspecified atom stereocenters. The van der Waals surface area contributed by atoms with E-state index in [1.165, 1.54) is 0 Å². The van der Waals surface area contributed by atoms with Crippen molar-refractivity contribution in [2.45, 2.75) is 32.2 Å². The van der Waals surface area contributed by atoms with E-state index in [0.717, 1.165) is 32.4 Å². The fourth-order valence-corrected chi connectivity index (χ4v) is 2.49. The van der Waals surface area contributed by atoms with Gasteiger partial charge >= 0.3 is 0 Å². The standard InChI is InChI=1S/C14H23N5O/c1-3-9-18(10-4-2)14(20)13-11-19(17-16-13)12-5-7-15-8-6-12/h3,11-12,15H,1,4-10H2,2H3. The topological polar surface area (TPSA) is 63.1 Å². The zero-order valence-corrected chi connectivity index (χ0v) is 12.1. The molecule has 2 rings (SSSR count). The maximum absolute atomic E-state index is 12.4. The Morgan fingerprint density at radius 1 is 1.60 bits per heavy atom. The van der Waals surface area contributed by atoms with Gasteiger partial charge < -0.3 is 10.2 Å². The predicted octanol–water partition coefficient (Wildman–Crippen LogP) is 1.24. The highest BCUT2D eigenvalue weighted by Crippen LogP contribution is 2.17. The highest BCUT2D eigenvalue weighted by molar-refractivity contribution is 5.92. The van der Waals surface area contributed by atoms with E-state index in [0.29, 0.717) is 24.8 Å². The smallest absolute Gasteiger partial charge is 0.276 e. The van der Waals surface area contributed by atoms with Gasteiger partial charge in [-0.25, -0.2) is 4.68 Å². The van der Waals surface area contributed by atoms with E-state index in [9.17, 15) is 4.79 Å². The summed E-state index contributed by atoms with van der Waals surface area (Å²) in [5.74, 6) is -0.0630. The van der Waals surface area contributed by atoms with Crippen LogP contribution in [0.1, 0.15) is 42.7 Å². The Labute approximate surface area is 119 Å². The minimum atomic E-state index is -0.0630. The molecule has 1 fully saturated rings. The zero-order chi connectivity index (χ0) is 14.4. The molecule has 1 amide bonds. The van der Waals surface area contributed by atoms with E-state index in [-0.39, 0.29) is 5.91 Å². The SMILES string of the molecule is C=CCN(CCC)C(=O)c1cn(C2CCNCC2)nn1. The summed E-state index contributed by atoms with van der Waals surface area (Å²) in [6.07, 6.45) is 6.50.